The number of hydrogen-bond donors (Lipinski definition) is 1. The molecule has 2 aromatic carbocycles. The predicted molar refractivity (Wildman–Crippen MR) is 85.8 cm³/mol. The zero-order valence-corrected chi connectivity index (χ0v) is 12.7. The monoisotopic (exact) mass is 311 g/mol. The number of nitrogens with zero attached hydrogens (tertiary/aromatic N) is 1. The first-order chi connectivity index (χ1) is 11.1. The molecule has 0 fully saturated rings. The van der Waals surface area contributed by atoms with E-state index in [0.29, 0.717) is 23.4 Å². The fraction of sp³-hybridized carbons (Fsp3) is 0.222. The molecule has 0 radical (unpaired) electrons. The fourth-order valence-electron chi connectivity index (χ4n) is 2.96. The third-order valence-electron chi connectivity index (χ3n) is 4.03. The highest BCUT2D eigenvalue weighted by Gasteiger charge is 2.37. The first-order valence-electron chi connectivity index (χ1n) is 7.45. The number of rotatable bonds is 2. The van der Waals surface area contributed by atoms with Crippen LogP contribution in [0.5, 0.6) is 5.75 Å². The molecule has 1 aliphatic heterocycles. The Labute approximate surface area is 134 Å². The van der Waals surface area contributed by atoms with Crippen molar-refractivity contribution < 1.29 is 19.4 Å². The van der Waals surface area contributed by atoms with Crippen LogP contribution in [0.4, 0.5) is 10.5 Å². The normalized spacial score (nSPS) is 19.8. The summed E-state index contributed by atoms with van der Waals surface area (Å²) in [7, 11) is 0. The van der Waals surface area contributed by atoms with Gasteiger partial charge >= 0.3 is 12.1 Å². The van der Waals surface area contributed by atoms with Crippen molar-refractivity contribution in [3.63, 3.8) is 0 Å². The van der Waals surface area contributed by atoms with E-state index in [0.717, 1.165) is 0 Å². The molecule has 0 saturated carbocycles. The predicted octanol–water partition coefficient (Wildman–Crippen LogP) is 3.65. The fourth-order valence-corrected chi connectivity index (χ4v) is 2.96. The van der Waals surface area contributed by atoms with Crippen molar-refractivity contribution in [1.29, 1.82) is 0 Å². The van der Waals surface area contributed by atoms with E-state index >= 15 is 0 Å². The molecule has 23 heavy (non-hydrogen) atoms. The molecule has 0 aliphatic carbocycles. The van der Waals surface area contributed by atoms with Gasteiger partial charge in [-0.1, -0.05) is 36.4 Å². The van der Waals surface area contributed by atoms with Crippen LogP contribution in [-0.4, -0.2) is 23.2 Å². The van der Waals surface area contributed by atoms with Crippen molar-refractivity contribution in [1.82, 2.24) is 0 Å². The number of carbonyl (C=O) groups excluding carboxylic acids is 1. The second-order valence-electron chi connectivity index (χ2n) is 5.59. The smallest absolute Gasteiger partial charge is 0.420 e. The average molecular weight is 311 g/mol. The van der Waals surface area contributed by atoms with E-state index in [-0.39, 0.29) is 6.04 Å². The number of anilines is 1. The molecular formula is C18H17NO4. The van der Waals surface area contributed by atoms with Gasteiger partial charge in [0.25, 0.3) is 0 Å². The molecule has 0 bridgehead atoms. The van der Waals surface area contributed by atoms with E-state index in [4.69, 9.17) is 4.74 Å². The number of aliphatic carboxylic acids is 1. The lowest BCUT2D eigenvalue weighted by Gasteiger charge is -2.37. The highest BCUT2D eigenvalue weighted by Crippen LogP contribution is 2.38. The summed E-state index contributed by atoms with van der Waals surface area (Å²) in [5.74, 6) is -1.02. The average Bonchev–Trinajstić information content (AvgIpc) is 2.54. The van der Waals surface area contributed by atoms with E-state index in [1.807, 2.05) is 13.0 Å². The van der Waals surface area contributed by atoms with Crippen molar-refractivity contribution in [3.05, 3.63) is 60.2 Å². The molecule has 1 heterocycles. The Morgan fingerprint density at radius 2 is 1.74 bits per heavy atom. The van der Waals surface area contributed by atoms with Crippen LogP contribution in [0, 0.1) is 0 Å². The lowest BCUT2D eigenvalue weighted by Crippen LogP contribution is -2.45. The van der Waals surface area contributed by atoms with Crippen molar-refractivity contribution in [2.75, 3.05) is 4.90 Å². The molecule has 118 valence electrons. The Morgan fingerprint density at radius 1 is 1.09 bits per heavy atom. The number of fused-ring (bicyclic) bond motifs is 1. The lowest BCUT2D eigenvalue weighted by atomic mass is 9.86. The van der Waals surface area contributed by atoms with Crippen LogP contribution in [-0.2, 0) is 4.79 Å². The molecule has 2 atom stereocenters. The number of carboxylic acid groups (broad SMARTS) is 1. The summed E-state index contributed by atoms with van der Waals surface area (Å²) in [5, 5.41) is 9.43. The van der Waals surface area contributed by atoms with E-state index in [2.05, 4.69) is 0 Å². The number of benzene rings is 2. The third-order valence-corrected chi connectivity index (χ3v) is 4.03. The van der Waals surface area contributed by atoms with Crippen molar-refractivity contribution in [2.24, 2.45) is 0 Å². The summed E-state index contributed by atoms with van der Waals surface area (Å²) in [6.07, 6.45) is -0.143. The van der Waals surface area contributed by atoms with E-state index in [1.165, 1.54) is 4.90 Å². The highest BCUT2D eigenvalue weighted by atomic mass is 16.6. The van der Waals surface area contributed by atoms with Gasteiger partial charge in [0, 0.05) is 6.04 Å². The maximum atomic E-state index is 12.6. The first-order valence-corrected chi connectivity index (χ1v) is 7.45. The number of hydrogen-bond acceptors (Lipinski definition) is 3. The highest BCUT2D eigenvalue weighted by molar-refractivity contribution is 5.93. The Kier molecular flexibility index (Phi) is 4.02. The largest absolute Gasteiger partial charge is 0.481 e. The van der Waals surface area contributed by atoms with Gasteiger partial charge in [0.15, 0.2) is 0 Å². The van der Waals surface area contributed by atoms with Crippen LogP contribution in [0.3, 0.4) is 0 Å². The number of carbonyl (C=O) groups is 2. The van der Waals surface area contributed by atoms with Gasteiger partial charge in [-0.05, 0) is 37.1 Å². The minimum atomic E-state index is -0.875. The lowest BCUT2D eigenvalue weighted by molar-refractivity contribution is -0.139. The molecule has 1 amide bonds. The minimum absolute atomic E-state index is 0.262. The van der Waals surface area contributed by atoms with Gasteiger partial charge in [0.2, 0.25) is 0 Å². The van der Waals surface area contributed by atoms with Gasteiger partial charge in [0.05, 0.1) is 11.6 Å². The molecule has 0 spiro atoms. The SMILES string of the molecule is CC1CC(C(=O)O)c2ccccc2N1C(=O)Oc1ccccc1. The number of para-hydroxylation sites is 2. The molecule has 0 saturated heterocycles. The van der Waals surface area contributed by atoms with E-state index in [9.17, 15) is 14.7 Å². The van der Waals surface area contributed by atoms with Crippen molar-refractivity contribution in [3.8, 4) is 5.75 Å². The van der Waals surface area contributed by atoms with Crippen LogP contribution in [0.1, 0.15) is 24.8 Å². The van der Waals surface area contributed by atoms with Gasteiger partial charge in [0.1, 0.15) is 5.75 Å². The Bertz CT molecular complexity index is 729. The van der Waals surface area contributed by atoms with Crippen LogP contribution >= 0.6 is 0 Å². The van der Waals surface area contributed by atoms with Crippen LogP contribution < -0.4 is 9.64 Å². The third kappa shape index (κ3) is 2.90. The first kappa shape index (κ1) is 15.1. The molecule has 1 N–H and O–H groups in total. The molecule has 5 heteroatoms. The standard InChI is InChI=1S/C18H17NO4/c1-12-11-15(17(20)21)14-9-5-6-10-16(14)19(12)18(22)23-13-7-3-2-4-8-13/h2-10,12,15H,11H2,1H3,(H,20,21). The van der Waals surface area contributed by atoms with Crippen LogP contribution in [0.25, 0.3) is 0 Å². The zero-order chi connectivity index (χ0) is 16.4. The maximum absolute atomic E-state index is 12.6. The maximum Gasteiger partial charge on any atom is 0.420 e. The van der Waals surface area contributed by atoms with Crippen molar-refractivity contribution in [2.45, 2.75) is 25.3 Å². The Hall–Kier alpha value is -2.82. The topological polar surface area (TPSA) is 66.8 Å². The summed E-state index contributed by atoms with van der Waals surface area (Å²) >= 11 is 0. The second kappa shape index (κ2) is 6.12. The van der Waals surface area contributed by atoms with Crippen molar-refractivity contribution >= 4 is 17.7 Å². The van der Waals surface area contributed by atoms with Gasteiger partial charge < -0.3 is 9.84 Å². The van der Waals surface area contributed by atoms with Crippen LogP contribution in [0.15, 0.2) is 54.6 Å². The molecule has 2 aromatic rings. The molecule has 2 unspecified atom stereocenters. The number of amides is 1. The second-order valence-corrected chi connectivity index (χ2v) is 5.59. The Balaban J connectivity index is 1.94. The van der Waals surface area contributed by atoms with Gasteiger partial charge in [-0.2, -0.15) is 0 Å². The van der Waals surface area contributed by atoms with Crippen LogP contribution in [0.2, 0.25) is 0 Å². The molecular weight excluding hydrogens is 294 g/mol. The van der Waals surface area contributed by atoms with E-state index in [1.54, 1.807) is 48.5 Å². The number of ether oxygens (including phenoxy) is 1. The molecule has 1 aliphatic rings. The quantitative estimate of drug-likeness (QED) is 0.919. The van der Waals surface area contributed by atoms with Gasteiger partial charge in [-0.25, -0.2) is 4.79 Å². The molecule has 0 aromatic heterocycles. The Morgan fingerprint density at radius 3 is 2.43 bits per heavy atom. The summed E-state index contributed by atoms with van der Waals surface area (Å²) in [5.41, 5.74) is 1.24. The summed E-state index contributed by atoms with van der Waals surface area (Å²) in [6, 6.07) is 15.7. The molecule has 3 rings (SSSR count). The zero-order valence-electron chi connectivity index (χ0n) is 12.7. The summed E-state index contributed by atoms with van der Waals surface area (Å²) in [6.45, 7) is 1.83. The number of carboxylic acids is 1. The van der Waals surface area contributed by atoms with E-state index < -0.39 is 18.0 Å². The molecule has 5 nitrogen and oxygen atoms in total. The minimum Gasteiger partial charge on any atom is -0.481 e. The van der Waals surface area contributed by atoms with Gasteiger partial charge in [-0.3, -0.25) is 9.69 Å². The summed E-state index contributed by atoms with van der Waals surface area (Å²) < 4.78 is 5.42. The van der Waals surface area contributed by atoms with Gasteiger partial charge in [-0.15, -0.1) is 0 Å². The summed E-state index contributed by atoms with van der Waals surface area (Å²) in [4.78, 5) is 25.6.